The van der Waals surface area contributed by atoms with Crippen molar-refractivity contribution < 1.29 is 0 Å². The van der Waals surface area contributed by atoms with Crippen LogP contribution in [0.3, 0.4) is 0 Å². The second kappa shape index (κ2) is 3.35. The molecule has 0 aliphatic carbocycles. The number of hydrogen-bond acceptors (Lipinski definition) is 2. The van der Waals surface area contributed by atoms with Gasteiger partial charge in [0.25, 0.3) is 0 Å². The summed E-state index contributed by atoms with van der Waals surface area (Å²) in [4.78, 5) is 5.73. The van der Waals surface area contributed by atoms with Gasteiger partial charge in [-0.3, -0.25) is 0 Å². The van der Waals surface area contributed by atoms with Crippen LogP contribution in [0.1, 0.15) is 36.3 Å². The second-order valence-electron chi connectivity index (χ2n) is 3.91. The Labute approximate surface area is 82.8 Å². The number of hydrogen-bond donors (Lipinski definition) is 0. The van der Waals surface area contributed by atoms with Gasteiger partial charge in [0.05, 0.1) is 11.6 Å². The van der Waals surface area contributed by atoms with Crippen LogP contribution in [-0.4, -0.2) is 4.98 Å². The van der Waals surface area contributed by atoms with Crippen LogP contribution in [-0.2, 0) is 11.3 Å². The summed E-state index contributed by atoms with van der Waals surface area (Å²) in [5, 5.41) is 1.03. The molecule has 0 fully saturated rings. The molecule has 1 nitrogen and oxygen atoms in total. The van der Waals surface area contributed by atoms with E-state index < -0.39 is 0 Å². The van der Waals surface area contributed by atoms with Crippen LogP contribution in [0.25, 0.3) is 0 Å². The van der Waals surface area contributed by atoms with Crippen molar-refractivity contribution in [2.75, 3.05) is 0 Å². The molecule has 0 aromatic carbocycles. The van der Waals surface area contributed by atoms with Gasteiger partial charge in [0.2, 0.25) is 0 Å². The van der Waals surface area contributed by atoms with E-state index in [1.54, 1.807) is 11.3 Å². The molecule has 0 N–H and O–H groups in total. The molecule has 0 aliphatic rings. The molecule has 0 aliphatic heterocycles. The Bertz CT molecular complexity index is 273. The largest absolute Gasteiger partial charge is 0.245 e. The topological polar surface area (TPSA) is 12.9 Å². The molecule has 0 saturated carbocycles. The molecule has 1 aromatic heterocycles. The molecular weight excluding hydrogens is 190 g/mol. The molecule has 0 unspecified atom stereocenters. The zero-order chi connectivity index (χ0) is 9.35. The Hall–Kier alpha value is -0.0800. The van der Waals surface area contributed by atoms with Crippen molar-refractivity contribution >= 4 is 22.9 Å². The quantitative estimate of drug-likeness (QED) is 0.637. The van der Waals surface area contributed by atoms with E-state index in [1.165, 1.54) is 4.88 Å². The lowest BCUT2D eigenvalue weighted by molar-refractivity contribution is 0.598. The fraction of sp³-hybridized carbons (Fsp3) is 0.667. The number of aromatic nitrogens is 1. The summed E-state index contributed by atoms with van der Waals surface area (Å²) in [7, 11) is 0. The Balaban J connectivity index is 3.08. The van der Waals surface area contributed by atoms with Gasteiger partial charge >= 0.3 is 0 Å². The van der Waals surface area contributed by atoms with Gasteiger partial charge < -0.3 is 0 Å². The van der Waals surface area contributed by atoms with Crippen LogP contribution in [0.4, 0.5) is 0 Å². The Morgan fingerprint density at radius 1 is 1.42 bits per heavy atom. The molecule has 1 rings (SSSR count). The highest BCUT2D eigenvalue weighted by Gasteiger charge is 2.20. The van der Waals surface area contributed by atoms with Gasteiger partial charge in [-0.05, 0) is 12.3 Å². The fourth-order valence-corrected chi connectivity index (χ4v) is 2.40. The summed E-state index contributed by atoms with van der Waals surface area (Å²) < 4.78 is 0. The summed E-state index contributed by atoms with van der Waals surface area (Å²) >= 11 is 7.43. The normalized spacial score (nSPS) is 12.1. The zero-order valence-corrected chi connectivity index (χ0v) is 9.51. The van der Waals surface area contributed by atoms with E-state index in [0.29, 0.717) is 5.88 Å². The molecule has 0 atom stereocenters. The van der Waals surface area contributed by atoms with Crippen LogP contribution in [0, 0.1) is 6.92 Å². The van der Waals surface area contributed by atoms with Crippen LogP contribution < -0.4 is 0 Å². The number of alkyl halides is 1. The van der Waals surface area contributed by atoms with Crippen molar-refractivity contribution in [3.63, 3.8) is 0 Å². The van der Waals surface area contributed by atoms with Gasteiger partial charge in [-0.1, -0.05) is 20.8 Å². The highest BCUT2D eigenvalue weighted by Crippen LogP contribution is 2.31. The van der Waals surface area contributed by atoms with Gasteiger partial charge in [0.1, 0.15) is 5.01 Å². The summed E-state index contributed by atoms with van der Waals surface area (Å²) in [6, 6.07) is 0. The van der Waals surface area contributed by atoms with E-state index >= 15 is 0 Å². The van der Waals surface area contributed by atoms with E-state index in [4.69, 9.17) is 11.6 Å². The smallest absolute Gasteiger partial charge is 0.108 e. The summed E-state index contributed by atoms with van der Waals surface area (Å²) in [5.74, 6) is 0.529. The van der Waals surface area contributed by atoms with Crippen molar-refractivity contribution in [3.05, 3.63) is 15.6 Å². The first-order valence-corrected chi connectivity index (χ1v) is 5.33. The Kier molecular flexibility index (Phi) is 2.79. The molecule has 1 aromatic rings. The van der Waals surface area contributed by atoms with Crippen molar-refractivity contribution in [1.82, 2.24) is 4.98 Å². The van der Waals surface area contributed by atoms with Crippen molar-refractivity contribution in [1.29, 1.82) is 0 Å². The number of thiazole rings is 1. The van der Waals surface area contributed by atoms with Crippen molar-refractivity contribution in [2.24, 2.45) is 0 Å². The first-order valence-electron chi connectivity index (χ1n) is 3.98. The second-order valence-corrected chi connectivity index (χ2v) is 5.26. The molecule has 0 spiro atoms. The number of rotatable bonds is 1. The number of aryl methyl sites for hydroxylation is 1. The summed E-state index contributed by atoms with van der Waals surface area (Å²) in [6.07, 6.45) is 0. The fourth-order valence-electron chi connectivity index (χ4n) is 1.21. The highest BCUT2D eigenvalue weighted by molar-refractivity contribution is 7.12. The third-order valence-electron chi connectivity index (χ3n) is 1.64. The maximum atomic E-state index is 5.71. The summed E-state index contributed by atoms with van der Waals surface area (Å²) in [5.41, 5.74) is 1.33. The molecule has 1 heterocycles. The maximum absolute atomic E-state index is 5.71. The summed E-state index contributed by atoms with van der Waals surface area (Å²) in [6.45, 7) is 8.65. The lowest BCUT2D eigenvalue weighted by Gasteiger charge is -2.16. The lowest BCUT2D eigenvalue weighted by Crippen LogP contribution is -2.10. The predicted molar refractivity (Wildman–Crippen MR) is 55.1 cm³/mol. The molecule has 0 amide bonds. The van der Waals surface area contributed by atoms with Crippen LogP contribution in [0.5, 0.6) is 0 Å². The van der Waals surface area contributed by atoms with Crippen molar-refractivity contribution in [3.8, 4) is 0 Å². The van der Waals surface area contributed by atoms with E-state index in [9.17, 15) is 0 Å². The molecular formula is C9H14ClNS. The average Bonchev–Trinajstić information content (AvgIpc) is 2.29. The first kappa shape index (κ1) is 10.0. The Morgan fingerprint density at radius 3 is 2.25 bits per heavy atom. The SMILES string of the molecule is Cc1nc(CCl)sc1C(C)(C)C. The Morgan fingerprint density at radius 2 is 2.00 bits per heavy atom. The molecule has 3 heteroatoms. The standard InChI is InChI=1S/C9H14ClNS/c1-6-8(9(2,3)4)12-7(5-10)11-6/h5H2,1-4H3. The molecule has 12 heavy (non-hydrogen) atoms. The minimum Gasteiger partial charge on any atom is -0.245 e. The monoisotopic (exact) mass is 203 g/mol. The van der Waals surface area contributed by atoms with E-state index in [0.717, 1.165) is 10.7 Å². The molecule has 68 valence electrons. The highest BCUT2D eigenvalue weighted by atomic mass is 35.5. The van der Waals surface area contributed by atoms with Gasteiger partial charge in [-0.25, -0.2) is 4.98 Å². The third-order valence-corrected chi connectivity index (χ3v) is 3.63. The van der Waals surface area contributed by atoms with Crippen molar-refractivity contribution in [2.45, 2.75) is 39.0 Å². The minimum absolute atomic E-state index is 0.200. The van der Waals surface area contributed by atoms with Gasteiger partial charge in [0.15, 0.2) is 0 Å². The zero-order valence-electron chi connectivity index (χ0n) is 7.94. The van der Waals surface area contributed by atoms with Crippen LogP contribution in [0.2, 0.25) is 0 Å². The van der Waals surface area contributed by atoms with Gasteiger partial charge in [0, 0.05) is 4.88 Å². The first-order chi connectivity index (χ1) is 5.45. The molecule has 0 saturated heterocycles. The molecule has 0 bridgehead atoms. The van der Waals surface area contributed by atoms with Crippen LogP contribution in [0.15, 0.2) is 0 Å². The molecule has 0 radical (unpaired) electrons. The lowest BCUT2D eigenvalue weighted by atomic mass is 9.94. The predicted octanol–water partition coefficient (Wildman–Crippen LogP) is 3.49. The van der Waals surface area contributed by atoms with Gasteiger partial charge in [-0.2, -0.15) is 0 Å². The number of nitrogens with zero attached hydrogens (tertiary/aromatic N) is 1. The van der Waals surface area contributed by atoms with E-state index in [-0.39, 0.29) is 5.41 Å². The van der Waals surface area contributed by atoms with Gasteiger partial charge in [-0.15, -0.1) is 22.9 Å². The maximum Gasteiger partial charge on any atom is 0.108 e. The average molecular weight is 204 g/mol. The minimum atomic E-state index is 0.200. The van der Waals surface area contributed by atoms with Crippen LogP contribution >= 0.6 is 22.9 Å². The van der Waals surface area contributed by atoms with E-state index in [1.807, 2.05) is 6.92 Å². The third kappa shape index (κ3) is 1.99. The van der Waals surface area contributed by atoms with E-state index in [2.05, 4.69) is 25.8 Å². The number of halogens is 1.